The van der Waals surface area contributed by atoms with Crippen LogP contribution < -0.4 is 16.4 Å². The van der Waals surface area contributed by atoms with Crippen LogP contribution in [0.3, 0.4) is 0 Å². The molecular weight excluding hydrogens is 304 g/mol. The van der Waals surface area contributed by atoms with Gasteiger partial charge in [-0.2, -0.15) is 0 Å². The molecule has 1 aromatic rings. The number of hydrogen-bond acceptors (Lipinski definition) is 4. The smallest absolute Gasteiger partial charge is 0.226 e. The third-order valence-corrected chi connectivity index (χ3v) is 5.76. The Kier molecular flexibility index (Phi) is 5.16. The second kappa shape index (κ2) is 6.79. The van der Waals surface area contributed by atoms with Crippen LogP contribution in [0.4, 0.5) is 5.82 Å². The number of pyridine rings is 1. The lowest BCUT2D eigenvalue weighted by atomic mass is 9.65. The number of anilines is 1. The third-order valence-electron chi connectivity index (χ3n) is 5.76. The zero-order valence-electron chi connectivity index (χ0n) is 15.0. The monoisotopic (exact) mass is 332 g/mol. The molecule has 2 atom stereocenters. The predicted molar refractivity (Wildman–Crippen MR) is 93.8 cm³/mol. The van der Waals surface area contributed by atoms with E-state index in [0.29, 0.717) is 25.3 Å². The molecule has 132 valence electrons. The van der Waals surface area contributed by atoms with E-state index in [9.17, 15) is 9.59 Å². The minimum absolute atomic E-state index is 0.0375. The van der Waals surface area contributed by atoms with Crippen molar-refractivity contribution in [2.75, 3.05) is 12.3 Å². The van der Waals surface area contributed by atoms with E-state index in [-0.39, 0.29) is 17.7 Å². The number of nitrogens with two attached hydrogens (primary N) is 1. The van der Waals surface area contributed by atoms with Crippen LogP contribution in [0.1, 0.15) is 46.1 Å². The molecule has 2 amide bonds. The molecule has 24 heavy (non-hydrogen) atoms. The van der Waals surface area contributed by atoms with E-state index in [1.807, 2.05) is 33.8 Å². The molecule has 6 nitrogen and oxygen atoms in total. The summed E-state index contributed by atoms with van der Waals surface area (Å²) in [5.74, 6) is 0.267. The summed E-state index contributed by atoms with van der Waals surface area (Å²) in [5.41, 5.74) is 5.61. The molecule has 0 spiro atoms. The molecule has 0 radical (unpaired) electrons. The highest BCUT2D eigenvalue weighted by Crippen LogP contribution is 2.56. The van der Waals surface area contributed by atoms with Crippen molar-refractivity contribution in [3.8, 4) is 0 Å². The van der Waals surface area contributed by atoms with Crippen molar-refractivity contribution in [2.45, 2.75) is 47.1 Å². The number of carbonyl (C=O) groups is 2. The van der Waals surface area contributed by atoms with Gasteiger partial charge in [0.1, 0.15) is 5.82 Å². The normalized spacial score (nSPS) is 25.2. The number of hydrogen-bond donors (Lipinski definition) is 3. The SMILES string of the molecule is CCNC(=O)[C@H]1CC[C@@](C)(C(=O)NCc2cccnc2N)C1(C)C. The van der Waals surface area contributed by atoms with Crippen molar-refractivity contribution in [1.82, 2.24) is 15.6 Å². The average Bonchev–Trinajstić information content (AvgIpc) is 2.77. The molecule has 1 fully saturated rings. The lowest BCUT2D eigenvalue weighted by Gasteiger charge is -2.39. The average molecular weight is 332 g/mol. The Hall–Kier alpha value is -2.11. The van der Waals surface area contributed by atoms with Gasteiger partial charge in [-0.3, -0.25) is 9.59 Å². The van der Waals surface area contributed by atoms with Gasteiger partial charge >= 0.3 is 0 Å². The van der Waals surface area contributed by atoms with Crippen LogP contribution in [-0.4, -0.2) is 23.3 Å². The summed E-state index contributed by atoms with van der Waals surface area (Å²) in [5, 5.41) is 5.87. The summed E-state index contributed by atoms with van der Waals surface area (Å²) in [4.78, 5) is 29.2. The summed E-state index contributed by atoms with van der Waals surface area (Å²) in [6.45, 7) is 8.83. The maximum atomic E-state index is 12.9. The van der Waals surface area contributed by atoms with Crippen LogP contribution in [0.25, 0.3) is 0 Å². The van der Waals surface area contributed by atoms with Crippen molar-refractivity contribution in [3.63, 3.8) is 0 Å². The molecule has 6 heteroatoms. The van der Waals surface area contributed by atoms with Crippen molar-refractivity contribution >= 4 is 17.6 Å². The molecule has 4 N–H and O–H groups in total. The Morgan fingerprint density at radius 1 is 1.33 bits per heavy atom. The first-order chi connectivity index (χ1) is 11.2. The van der Waals surface area contributed by atoms with E-state index in [2.05, 4.69) is 15.6 Å². The minimum Gasteiger partial charge on any atom is -0.383 e. The Morgan fingerprint density at radius 2 is 2.04 bits per heavy atom. The van der Waals surface area contributed by atoms with E-state index in [4.69, 9.17) is 5.73 Å². The second-order valence-corrected chi connectivity index (χ2v) is 7.27. The van der Waals surface area contributed by atoms with Crippen molar-refractivity contribution < 1.29 is 9.59 Å². The van der Waals surface area contributed by atoms with Gasteiger partial charge in [0, 0.05) is 30.8 Å². The standard InChI is InChI=1S/C18H28N4O2/c1-5-20-15(23)13-8-9-18(4,17(13,2)3)16(24)22-11-12-7-6-10-21-14(12)19/h6-7,10,13H,5,8-9,11H2,1-4H3,(H2,19,21)(H,20,23)(H,22,24)/t13-,18+/m1/s1. The molecule has 0 aromatic carbocycles. The van der Waals surface area contributed by atoms with Gasteiger partial charge in [-0.15, -0.1) is 0 Å². The highest BCUT2D eigenvalue weighted by atomic mass is 16.2. The fourth-order valence-electron chi connectivity index (χ4n) is 3.63. The van der Waals surface area contributed by atoms with Crippen LogP contribution in [0.2, 0.25) is 0 Å². The summed E-state index contributed by atoms with van der Waals surface area (Å²) < 4.78 is 0. The molecule has 2 rings (SSSR count). The third kappa shape index (κ3) is 3.09. The second-order valence-electron chi connectivity index (χ2n) is 7.27. The number of nitrogens with one attached hydrogen (secondary N) is 2. The van der Waals surface area contributed by atoms with E-state index in [0.717, 1.165) is 12.0 Å². The Labute approximate surface area is 143 Å². The number of carbonyl (C=O) groups excluding carboxylic acids is 2. The molecule has 0 saturated heterocycles. The highest BCUT2D eigenvalue weighted by Gasteiger charge is 2.57. The first-order valence-corrected chi connectivity index (χ1v) is 8.49. The van der Waals surface area contributed by atoms with Gasteiger partial charge in [-0.25, -0.2) is 4.98 Å². The largest absolute Gasteiger partial charge is 0.383 e. The first-order valence-electron chi connectivity index (χ1n) is 8.49. The van der Waals surface area contributed by atoms with Crippen molar-refractivity contribution in [2.24, 2.45) is 16.7 Å². The van der Waals surface area contributed by atoms with E-state index in [1.54, 1.807) is 12.3 Å². The molecular formula is C18H28N4O2. The van der Waals surface area contributed by atoms with Crippen molar-refractivity contribution in [1.29, 1.82) is 0 Å². The zero-order chi connectivity index (χ0) is 18.0. The van der Waals surface area contributed by atoms with Gasteiger partial charge in [-0.05, 0) is 31.2 Å². The van der Waals surface area contributed by atoms with E-state index >= 15 is 0 Å². The zero-order valence-corrected chi connectivity index (χ0v) is 15.0. The summed E-state index contributed by atoms with van der Waals surface area (Å²) in [6.07, 6.45) is 3.03. The fraction of sp³-hybridized carbons (Fsp3) is 0.611. The molecule has 1 aliphatic carbocycles. The van der Waals surface area contributed by atoms with Gasteiger partial charge in [0.25, 0.3) is 0 Å². The van der Waals surface area contributed by atoms with Gasteiger partial charge in [-0.1, -0.05) is 26.8 Å². The molecule has 1 saturated carbocycles. The number of rotatable bonds is 5. The van der Waals surface area contributed by atoms with Gasteiger partial charge in [0.2, 0.25) is 11.8 Å². The molecule has 0 aliphatic heterocycles. The maximum absolute atomic E-state index is 12.9. The van der Waals surface area contributed by atoms with Gasteiger partial charge in [0.05, 0.1) is 5.41 Å². The molecule has 1 aliphatic rings. The summed E-state index contributed by atoms with van der Waals surface area (Å²) in [7, 11) is 0. The van der Waals surface area contributed by atoms with Crippen LogP contribution in [0.15, 0.2) is 18.3 Å². The molecule has 0 unspecified atom stereocenters. The Morgan fingerprint density at radius 3 is 2.67 bits per heavy atom. The summed E-state index contributed by atoms with van der Waals surface area (Å²) >= 11 is 0. The van der Waals surface area contributed by atoms with Crippen molar-refractivity contribution in [3.05, 3.63) is 23.9 Å². The Balaban J connectivity index is 2.11. The quantitative estimate of drug-likeness (QED) is 0.766. The first kappa shape index (κ1) is 18.2. The maximum Gasteiger partial charge on any atom is 0.226 e. The number of aromatic nitrogens is 1. The summed E-state index contributed by atoms with van der Waals surface area (Å²) in [6, 6.07) is 3.65. The van der Waals surface area contributed by atoms with Crippen LogP contribution in [-0.2, 0) is 16.1 Å². The lowest BCUT2D eigenvalue weighted by molar-refractivity contribution is -0.139. The number of nitrogen functional groups attached to an aromatic ring is 1. The van der Waals surface area contributed by atoms with Crippen LogP contribution in [0, 0.1) is 16.7 Å². The van der Waals surface area contributed by atoms with Gasteiger partial charge < -0.3 is 16.4 Å². The highest BCUT2D eigenvalue weighted by molar-refractivity contribution is 5.87. The number of nitrogens with zero attached hydrogens (tertiary/aromatic N) is 1. The van der Waals surface area contributed by atoms with E-state index in [1.165, 1.54) is 0 Å². The fourth-order valence-corrected chi connectivity index (χ4v) is 3.63. The minimum atomic E-state index is -0.598. The molecule has 0 bridgehead atoms. The van der Waals surface area contributed by atoms with Crippen LogP contribution >= 0.6 is 0 Å². The van der Waals surface area contributed by atoms with Crippen LogP contribution in [0.5, 0.6) is 0 Å². The number of amides is 2. The Bertz CT molecular complexity index is 629. The molecule has 1 heterocycles. The molecule has 1 aromatic heterocycles. The van der Waals surface area contributed by atoms with E-state index < -0.39 is 10.8 Å². The van der Waals surface area contributed by atoms with Gasteiger partial charge in [0.15, 0.2) is 0 Å². The predicted octanol–water partition coefficient (Wildman–Crippen LogP) is 1.86. The lowest BCUT2D eigenvalue weighted by Crippen LogP contribution is -2.49. The topological polar surface area (TPSA) is 97.1 Å².